The average Bonchev–Trinajstić information content (AvgIpc) is 3.01. The maximum atomic E-state index is 12.3. The second-order valence-corrected chi connectivity index (χ2v) is 8.72. The molecule has 1 atom stereocenters. The van der Waals surface area contributed by atoms with Crippen molar-refractivity contribution in [1.82, 2.24) is 4.98 Å². The van der Waals surface area contributed by atoms with Gasteiger partial charge < -0.3 is 10.1 Å². The lowest BCUT2D eigenvalue weighted by Gasteiger charge is -2.25. The molecule has 1 aromatic carbocycles. The predicted octanol–water partition coefficient (Wildman–Crippen LogP) is 4.11. The van der Waals surface area contributed by atoms with Crippen molar-refractivity contribution in [3.8, 4) is 6.07 Å². The van der Waals surface area contributed by atoms with E-state index in [1.807, 2.05) is 26.8 Å². The Morgan fingerprint density at radius 3 is 2.82 bits per heavy atom. The minimum Gasteiger partial charge on any atom is -0.460 e. The second-order valence-electron chi connectivity index (χ2n) is 7.63. The topological polar surface area (TPSA) is 104 Å². The van der Waals surface area contributed by atoms with Crippen LogP contribution in [0.5, 0.6) is 0 Å². The van der Waals surface area contributed by atoms with Crippen molar-refractivity contribution in [3.63, 3.8) is 0 Å². The number of amides is 2. The van der Waals surface area contributed by atoms with E-state index in [1.54, 1.807) is 24.3 Å². The smallest absolute Gasteiger partial charge is 0.325 e. The lowest BCUT2D eigenvalue weighted by molar-refractivity contribution is -0.160. The Bertz CT molecular complexity index is 940. The van der Waals surface area contributed by atoms with Gasteiger partial charge in [-0.05, 0) is 58.2 Å². The number of hydrogen-bond donors (Lipinski definition) is 2. The van der Waals surface area contributed by atoms with E-state index in [0.717, 1.165) is 10.6 Å². The highest BCUT2D eigenvalue weighted by Gasteiger charge is 2.31. The van der Waals surface area contributed by atoms with E-state index in [2.05, 4.69) is 15.6 Å². The molecule has 0 fully saturated rings. The van der Waals surface area contributed by atoms with Crippen LogP contribution in [0, 0.1) is 17.2 Å². The average molecular weight is 398 g/mol. The van der Waals surface area contributed by atoms with Gasteiger partial charge in [-0.3, -0.25) is 10.1 Å². The number of ether oxygens (including phenoxy) is 1. The van der Waals surface area contributed by atoms with Gasteiger partial charge in [-0.2, -0.15) is 5.26 Å². The van der Waals surface area contributed by atoms with Gasteiger partial charge in [0.25, 0.3) is 0 Å². The van der Waals surface area contributed by atoms with E-state index in [9.17, 15) is 9.59 Å². The molecule has 2 N–H and O–H groups in total. The van der Waals surface area contributed by atoms with Gasteiger partial charge in [0.15, 0.2) is 5.13 Å². The summed E-state index contributed by atoms with van der Waals surface area (Å²) in [6, 6.07) is 8.27. The van der Waals surface area contributed by atoms with Gasteiger partial charge in [0, 0.05) is 10.6 Å². The molecular formula is C20H22N4O3S. The Morgan fingerprint density at radius 2 is 2.11 bits per heavy atom. The number of nitriles is 1. The first kappa shape index (κ1) is 19.8. The number of carbonyl (C=O) groups is 2. The number of thiazole rings is 1. The maximum Gasteiger partial charge on any atom is 0.325 e. The number of esters is 1. The molecule has 28 heavy (non-hydrogen) atoms. The molecule has 0 bridgehead atoms. The molecule has 8 heteroatoms. The standard InChI is InChI=1S/C20H22N4O3S/c1-20(2,3)27-17(25)13-7-8-15-16(10-13)28-19(23-15)24-18(26)22-14-6-4-5-12(9-14)11-21/h4-6,9,13H,7-8,10H2,1-3H3,(H2,22,23,24,26). The molecule has 146 valence electrons. The van der Waals surface area contributed by atoms with E-state index < -0.39 is 11.6 Å². The third-order valence-corrected chi connectivity index (χ3v) is 5.19. The lowest BCUT2D eigenvalue weighted by Crippen LogP contribution is -2.31. The molecule has 7 nitrogen and oxygen atoms in total. The molecule has 0 saturated carbocycles. The molecule has 0 aliphatic heterocycles. The van der Waals surface area contributed by atoms with Gasteiger partial charge in [0.1, 0.15) is 5.60 Å². The van der Waals surface area contributed by atoms with Gasteiger partial charge >= 0.3 is 12.0 Å². The van der Waals surface area contributed by atoms with Gasteiger partial charge in [-0.15, -0.1) is 11.3 Å². The van der Waals surface area contributed by atoms with Crippen molar-refractivity contribution in [3.05, 3.63) is 40.4 Å². The second kappa shape index (κ2) is 7.98. The van der Waals surface area contributed by atoms with Crippen molar-refractivity contribution in [1.29, 1.82) is 5.26 Å². The molecule has 1 heterocycles. The van der Waals surface area contributed by atoms with Gasteiger partial charge in [0.05, 0.1) is 23.2 Å². The van der Waals surface area contributed by atoms with Gasteiger partial charge in [-0.1, -0.05) is 6.07 Å². The fraction of sp³-hybridized carbons (Fsp3) is 0.400. The predicted molar refractivity (Wildman–Crippen MR) is 107 cm³/mol. The van der Waals surface area contributed by atoms with Crippen molar-refractivity contribution in [2.45, 2.75) is 45.6 Å². The van der Waals surface area contributed by atoms with Crippen LogP contribution < -0.4 is 10.6 Å². The van der Waals surface area contributed by atoms with Crippen LogP contribution in [-0.4, -0.2) is 22.6 Å². The van der Waals surface area contributed by atoms with E-state index >= 15 is 0 Å². The molecule has 2 amide bonds. The van der Waals surface area contributed by atoms with Crippen molar-refractivity contribution in [2.24, 2.45) is 5.92 Å². The monoisotopic (exact) mass is 398 g/mol. The highest BCUT2D eigenvalue weighted by molar-refractivity contribution is 7.15. The van der Waals surface area contributed by atoms with E-state index in [1.165, 1.54) is 11.3 Å². The molecule has 1 aliphatic rings. The number of nitrogens with one attached hydrogen (secondary N) is 2. The molecule has 3 rings (SSSR count). The summed E-state index contributed by atoms with van der Waals surface area (Å²) in [5.74, 6) is -0.362. The van der Waals surface area contributed by atoms with Crippen LogP contribution in [0.4, 0.5) is 15.6 Å². The number of carbonyl (C=O) groups excluding carboxylic acids is 2. The zero-order valence-corrected chi connectivity index (χ0v) is 16.9. The SMILES string of the molecule is CC(C)(C)OC(=O)C1CCc2nc(NC(=O)Nc3cccc(C#N)c3)sc2C1. The Balaban J connectivity index is 1.61. The van der Waals surface area contributed by atoms with Crippen molar-refractivity contribution < 1.29 is 14.3 Å². The van der Waals surface area contributed by atoms with E-state index in [0.29, 0.717) is 35.6 Å². The fourth-order valence-electron chi connectivity index (χ4n) is 2.94. The molecule has 0 spiro atoms. The molecule has 1 unspecified atom stereocenters. The van der Waals surface area contributed by atoms with Crippen LogP contribution in [0.2, 0.25) is 0 Å². The van der Waals surface area contributed by atoms with Crippen molar-refractivity contribution in [2.75, 3.05) is 10.6 Å². The van der Waals surface area contributed by atoms with Crippen LogP contribution in [0.1, 0.15) is 43.3 Å². The third-order valence-electron chi connectivity index (χ3n) is 4.15. The number of fused-ring (bicyclic) bond motifs is 1. The number of rotatable bonds is 3. The number of urea groups is 1. The quantitative estimate of drug-likeness (QED) is 0.757. The normalized spacial score (nSPS) is 15.9. The Morgan fingerprint density at radius 1 is 1.32 bits per heavy atom. The summed E-state index contributed by atoms with van der Waals surface area (Å²) >= 11 is 1.38. The Kier molecular flexibility index (Phi) is 5.66. The Labute approximate surface area is 167 Å². The number of hydrogen-bond acceptors (Lipinski definition) is 6. The minimum absolute atomic E-state index is 0.178. The molecule has 0 radical (unpaired) electrons. The number of benzene rings is 1. The summed E-state index contributed by atoms with van der Waals surface area (Å²) in [5.41, 5.74) is 1.42. The summed E-state index contributed by atoms with van der Waals surface area (Å²) in [6.07, 6.45) is 1.96. The summed E-state index contributed by atoms with van der Waals surface area (Å²) in [4.78, 5) is 30.0. The zero-order valence-electron chi connectivity index (χ0n) is 16.0. The first-order valence-corrected chi connectivity index (χ1v) is 9.85. The third kappa shape index (κ3) is 5.08. The zero-order chi connectivity index (χ0) is 20.3. The highest BCUT2D eigenvalue weighted by atomic mass is 32.1. The molecule has 1 aromatic heterocycles. The molecular weight excluding hydrogens is 376 g/mol. The molecule has 0 saturated heterocycles. The molecule has 1 aliphatic carbocycles. The largest absolute Gasteiger partial charge is 0.460 e. The summed E-state index contributed by atoms with van der Waals surface area (Å²) in [5, 5.41) is 14.8. The van der Waals surface area contributed by atoms with Crippen LogP contribution in [0.25, 0.3) is 0 Å². The van der Waals surface area contributed by atoms with E-state index in [4.69, 9.17) is 10.00 Å². The summed E-state index contributed by atoms with van der Waals surface area (Å²) in [6.45, 7) is 5.58. The first-order valence-electron chi connectivity index (χ1n) is 9.03. The maximum absolute atomic E-state index is 12.3. The first-order chi connectivity index (χ1) is 13.2. The van der Waals surface area contributed by atoms with Crippen LogP contribution >= 0.6 is 11.3 Å². The number of aromatic nitrogens is 1. The summed E-state index contributed by atoms with van der Waals surface area (Å²) < 4.78 is 5.49. The van der Waals surface area contributed by atoms with Gasteiger partial charge in [-0.25, -0.2) is 9.78 Å². The van der Waals surface area contributed by atoms with Crippen LogP contribution in [0.15, 0.2) is 24.3 Å². The van der Waals surface area contributed by atoms with E-state index in [-0.39, 0.29) is 11.9 Å². The van der Waals surface area contributed by atoms with Crippen LogP contribution in [-0.2, 0) is 22.4 Å². The number of anilines is 2. The number of nitrogens with zero attached hydrogens (tertiary/aromatic N) is 2. The minimum atomic E-state index is -0.501. The van der Waals surface area contributed by atoms with Crippen molar-refractivity contribution >= 4 is 34.2 Å². The fourth-order valence-corrected chi connectivity index (χ4v) is 4.02. The van der Waals surface area contributed by atoms with Gasteiger partial charge in [0.2, 0.25) is 0 Å². The molecule has 2 aromatic rings. The lowest BCUT2D eigenvalue weighted by atomic mass is 9.91. The number of aryl methyl sites for hydroxylation is 1. The summed E-state index contributed by atoms with van der Waals surface area (Å²) in [7, 11) is 0. The Hall–Kier alpha value is -2.92. The van der Waals surface area contributed by atoms with Crippen LogP contribution in [0.3, 0.4) is 0 Å². The highest BCUT2D eigenvalue weighted by Crippen LogP contribution is 2.33.